The van der Waals surface area contributed by atoms with Crippen molar-refractivity contribution in [1.29, 1.82) is 0 Å². The Morgan fingerprint density at radius 1 is 1.42 bits per heavy atom. The largest absolute Gasteiger partial charge is 0.369 e. The Balaban J connectivity index is 2.03. The van der Waals surface area contributed by atoms with E-state index in [1.54, 1.807) is 0 Å². The van der Waals surface area contributed by atoms with Crippen LogP contribution in [0.3, 0.4) is 0 Å². The number of primary amides is 1. The van der Waals surface area contributed by atoms with E-state index in [2.05, 4.69) is 12.2 Å². The van der Waals surface area contributed by atoms with Gasteiger partial charge >= 0.3 is 0 Å². The van der Waals surface area contributed by atoms with Gasteiger partial charge in [-0.2, -0.15) is 0 Å². The van der Waals surface area contributed by atoms with Crippen LogP contribution in [0.4, 0.5) is 0 Å². The average molecular weight is 165 g/mol. The molecule has 0 aromatic rings. The Hall–Kier alpha value is -0.790. The van der Waals surface area contributed by atoms with Crippen molar-refractivity contribution in [3.8, 4) is 0 Å². The van der Waals surface area contributed by atoms with Gasteiger partial charge in [-0.3, -0.25) is 4.79 Å². The number of hydrogen-bond acceptors (Lipinski definition) is 1. The highest BCUT2D eigenvalue weighted by molar-refractivity contribution is 5.80. The lowest BCUT2D eigenvalue weighted by atomic mass is 10.1. The first-order valence-electron chi connectivity index (χ1n) is 4.76. The van der Waals surface area contributed by atoms with Crippen LogP contribution < -0.4 is 5.73 Å². The smallest absolute Gasteiger partial charge is 0.221 e. The molecular weight excluding hydrogens is 150 g/mol. The van der Waals surface area contributed by atoms with Crippen molar-refractivity contribution >= 4 is 5.91 Å². The van der Waals surface area contributed by atoms with E-state index in [0.29, 0.717) is 11.8 Å². The molecule has 0 saturated heterocycles. The molecule has 0 spiro atoms. The Morgan fingerprint density at radius 2 is 2.25 bits per heavy atom. The van der Waals surface area contributed by atoms with Gasteiger partial charge in [0.25, 0.3) is 0 Å². The van der Waals surface area contributed by atoms with Gasteiger partial charge in [0.05, 0.1) is 0 Å². The molecule has 0 radical (unpaired) electrons. The molecule has 2 heteroatoms. The van der Waals surface area contributed by atoms with Crippen LogP contribution in [0.2, 0.25) is 0 Å². The minimum atomic E-state index is -0.100. The van der Waals surface area contributed by atoms with Gasteiger partial charge in [-0.25, -0.2) is 0 Å². The van der Waals surface area contributed by atoms with E-state index in [4.69, 9.17) is 5.73 Å². The van der Waals surface area contributed by atoms with Crippen LogP contribution in [-0.2, 0) is 4.79 Å². The molecule has 3 unspecified atom stereocenters. The molecule has 2 aliphatic rings. The number of fused-ring (bicyclic) bond motifs is 1. The van der Waals surface area contributed by atoms with E-state index in [9.17, 15) is 4.79 Å². The van der Waals surface area contributed by atoms with Crippen LogP contribution >= 0.6 is 0 Å². The van der Waals surface area contributed by atoms with Crippen LogP contribution in [0.5, 0.6) is 0 Å². The summed E-state index contributed by atoms with van der Waals surface area (Å²) in [6.07, 6.45) is 9.30. The molecule has 0 aromatic heterocycles. The van der Waals surface area contributed by atoms with Crippen LogP contribution in [0.15, 0.2) is 12.2 Å². The summed E-state index contributed by atoms with van der Waals surface area (Å²) >= 11 is 0. The van der Waals surface area contributed by atoms with Crippen molar-refractivity contribution in [1.82, 2.24) is 0 Å². The van der Waals surface area contributed by atoms with Crippen LogP contribution in [-0.4, -0.2) is 5.91 Å². The molecule has 1 amide bonds. The molecule has 0 aliphatic heterocycles. The lowest BCUT2D eigenvalue weighted by Crippen LogP contribution is -2.14. The molecule has 66 valence electrons. The fourth-order valence-electron chi connectivity index (χ4n) is 2.33. The lowest BCUT2D eigenvalue weighted by molar-refractivity contribution is -0.119. The molecule has 0 heterocycles. The second kappa shape index (κ2) is 2.92. The zero-order valence-corrected chi connectivity index (χ0v) is 7.20. The quantitative estimate of drug-likeness (QED) is 0.587. The van der Waals surface area contributed by atoms with E-state index in [0.717, 1.165) is 0 Å². The second-order valence-corrected chi connectivity index (χ2v) is 3.88. The first kappa shape index (κ1) is 7.84. The number of nitrogens with two attached hydrogens (primary N) is 1. The Bertz CT molecular complexity index is 222. The summed E-state index contributed by atoms with van der Waals surface area (Å²) < 4.78 is 0. The molecule has 12 heavy (non-hydrogen) atoms. The molecule has 1 fully saturated rings. The SMILES string of the molecule is NC(=O)C1C2/C=C/CCCCC21. The highest BCUT2D eigenvalue weighted by Gasteiger charge is 2.51. The Morgan fingerprint density at radius 3 is 3.00 bits per heavy atom. The first-order chi connectivity index (χ1) is 5.80. The standard InChI is InChI=1S/C10H15NO/c11-10(12)9-7-5-3-1-2-4-6-8(7)9/h3,5,7-9H,1-2,4,6H2,(H2,11,12)/b5-3+. The zero-order valence-electron chi connectivity index (χ0n) is 7.20. The number of amides is 1. The maximum atomic E-state index is 10.9. The minimum absolute atomic E-state index is 0.100. The van der Waals surface area contributed by atoms with Gasteiger partial charge in [-0.1, -0.05) is 18.6 Å². The predicted octanol–water partition coefficient (Wildman–Crippen LogP) is 1.46. The highest BCUT2D eigenvalue weighted by Crippen LogP contribution is 2.50. The number of allylic oxidation sites excluding steroid dienone is 2. The topological polar surface area (TPSA) is 43.1 Å². The number of carbonyl (C=O) groups excluding carboxylic acids is 1. The van der Waals surface area contributed by atoms with E-state index in [-0.39, 0.29) is 11.8 Å². The monoisotopic (exact) mass is 165 g/mol. The summed E-state index contributed by atoms with van der Waals surface area (Å²) in [5, 5.41) is 0. The van der Waals surface area contributed by atoms with Crippen molar-refractivity contribution in [2.75, 3.05) is 0 Å². The van der Waals surface area contributed by atoms with Crippen molar-refractivity contribution in [2.24, 2.45) is 23.5 Å². The third-order valence-electron chi connectivity index (χ3n) is 3.07. The van der Waals surface area contributed by atoms with Crippen molar-refractivity contribution in [3.63, 3.8) is 0 Å². The summed E-state index contributed by atoms with van der Waals surface area (Å²) in [7, 11) is 0. The average Bonchev–Trinajstić information content (AvgIpc) is 2.60. The van der Waals surface area contributed by atoms with Crippen LogP contribution in [0.1, 0.15) is 25.7 Å². The molecule has 2 aliphatic carbocycles. The molecule has 2 rings (SSSR count). The predicted molar refractivity (Wildman–Crippen MR) is 47.3 cm³/mol. The molecular formula is C10H15NO. The van der Waals surface area contributed by atoms with Gasteiger partial charge in [0.15, 0.2) is 0 Å². The zero-order chi connectivity index (χ0) is 8.55. The maximum Gasteiger partial charge on any atom is 0.221 e. The van der Waals surface area contributed by atoms with Gasteiger partial charge in [-0.05, 0) is 31.1 Å². The molecule has 0 aromatic carbocycles. The van der Waals surface area contributed by atoms with E-state index in [1.807, 2.05) is 0 Å². The summed E-state index contributed by atoms with van der Waals surface area (Å²) in [5.41, 5.74) is 5.29. The molecule has 1 saturated carbocycles. The summed E-state index contributed by atoms with van der Waals surface area (Å²) in [4.78, 5) is 10.9. The maximum absolute atomic E-state index is 10.9. The van der Waals surface area contributed by atoms with Gasteiger partial charge < -0.3 is 5.73 Å². The lowest BCUT2D eigenvalue weighted by Gasteiger charge is -1.99. The molecule has 3 atom stereocenters. The summed E-state index contributed by atoms with van der Waals surface area (Å²) in [6, 6.07) is 0. The molecule has 0 bridgehead atoms. The summed E-state index contributed by atoms with van der Waals surface area (Å²) in [6.45, 7) is 0. The number of rotatable bonds is 1. The molecule has 2 N–H and O–H groups in total. The van der Waals surface area contributed by atoms with Crippen molar-refractivity contribution in [2.45, 2.75) is 25.7 Å². The van der Waals surface area contributed by atoms with Gasteiger partial charge in [-0.15, -0.1) is 0 Å². The molecule has 2 nitrogen and oxygen atoms in total. The fraction of sp³-hybridized carbons (Fsp3) is 0.700. The van der Waals surface area contributed by atoms with Crippen molar-refractivity contribution in [3.05, 3.63) is 12.2 Å². The Kier molecular flexibility index (Phi) is 1.91. The van der Waals surface area contributed by atoms with Crippen LogP contribution in [0, 0.1) is 17.8 Å². The van der Waals surface area contributed by atoms with Gasteiger partial charge in [0.1, 0.15) is 0 Å². The Labute approximate surface area is 72.8 Å². The minimum Gasteiger partial charge on any atom is -0.369 e. The number of carbonyl (C=O) groups is 1. The van der Waals surface area contributed by atoms with E-state index < -0.39 is 0 Å². The van der Waals surface area contributed by atoms with Crippen molar-refractivity contribution < 1.29 is 4.79 Å². The highest BCUT2D eigenvalue weighted by atomic mass is 16.1. The number of hydrogen-bond donors (Lipinski definition) is 1. The van der Waals surface area contributed by atoms with E-state index in [1.165, 1.54) is 25.7 Å². The van der Waals surface area contributed by atoms with Gasteiger partial charge in [0.2, 0.25) is 5.91 Å². The second-order valence-electron chi connectivity index (χ2n) is 3.88. The van der Waals surface area contributed by atoms with E-state index >= 15 is 0 Å². The first-order valence-corrected chi connectivity index (χ1v) is 4.76. The third kappa shape index (κ3) is 1.26. The normalized spacial score (nSPS) is 42.2. The van der Waals surface area contributed by atoms with Crippen LogP contribution in [0.25, 0.3) is 0 Å². The van der Waals surface area contributed by atoms with Gasteiger partial charge in [0, 0.05) is 5.92 Å². The third-order valence-corrected chi connectivity index (χ3v) is 3.07. The fourth-order valence-corrected chi connectivity index (χ4v) is 2.33. The summed E-state index contributed by atoms with van der Waals surface area (Å²) in [5.74, 6) is 1.14.